The Balaban J connectivity index is 1.30. The molecular weight excluding hydrogens is 590 g/mol. The molecule has 2 aliphatic rings. The summed E-state index contributed by atoms with van der Waals surface area (Å²) in [6, 6.07) is 26.1. The van der Waals surface area contributed by atoms with Gasteiger partial charge in [0, 0.05) is 45.7 Å². The van der Waals surface area contributed by atoms with E-state index in [9.17, 15) is 4.79 Å². The Morgan fingerprint density at radius 3 is 2.57 bits per heavy atom. The van der Waals surface area contributed by atoms with Crippen LogP contribution in [0.25, 0.3) is 10.9 Å². The van der Waals surface area contributed by atoms with Crippen LogP contribution in [0.15, 0.2) is 101 Å². The van der Waals surface area contributed by atoms with Crippen molar-refractivity contribution in [2.45, 2.75) is 68.6 Å². The summed E-state index contributed by atoms with van der Waals surface area (Å²) >= 11 is 7.95. The van der Waals surface area contributed by atoms with Gasteiger partial charge in [0.1, 0.15) is 12.1 Å². The summed E-state index contributed by atoms with van der Waals surface area (Å²) in [5, 5.41) is 10.8. The van der Waals surface area contributed by atoms with Crippen LogP contribution in [0.2, 0.25) is 5.02 Å². The Labute approximate surface area is 266 Å². The number of rotatable bonds is 8. The van der Waals surface area contributed by atoms with Gasteiger partial charge in [0.2, 0.25) is 11.1 Å². The topological polar surface area (TPSA) is 74.0 Å². The van der Waals surface area contributed by atoms with E-state index in [-0.39, 0.29) is 12.1 Å². The molecule has 7 nitrogen and oxygen atoms in total. The van der Waals surface area contributed by atoms with Gasteiger partial charge in [-0.1, -0.05) is 96.5 Å². The maximum atomic E-state index is 14.1. The largest absolute Gasteiger partial charge is 0.459 e. The molecular formula is C35H34ClN5O2S. The molecule has 1 aliphatic carbocycles. The Bertz CT molecular complexity index is 1840. The number of hydrogen-bond donors (Lipinski definition) is 1. The molecule has 224 valence electrons. The SMILES string of the molecule is CC1=C(C(=O)OC2CCCCC2)C(c2cn(Cc3ccccc3)c3ccccc23)n2nc(SCc3ccccc3Cl)nc2N1. The fraction of sp³-hybridized carbons (Fsp3) is 0.286. The zero-order valence-corrected chi connectivity index (χ0v) is 26.2. The van der Waals surface area contributed by atoms with Crippen LogP contribution in [-0.4, -0.2) is 31.4 Å². The van der Waals surface area contributed by atoms with Gasteiger partial charge in [-0.3, -0.25) is 0 Å². The van der Waals surface area contributed by atoms with Crippen LogP contribution < -0.4 is 5.32 Å². The number of benzene rings is 3. The number of thioether (sulfide) groups is 1. The Morgan fingerprint density at radius 1 is 1.00 bits per heavy atom. The Kier molecular flexibility index (Phi) is 8.19. The van der Waals surface area contributed by atoms with Crippen LogP contribution in [0.4, 0.5) is 5.95 Å². The minimum absolute atomic E-state index is 0.0597. The number of esters is 1. The zero-order valence-electron chi connectivity index (χ0n) is 24.6. The molecule has 0 spiro atoms. The van der Waals surface area contributed by atoms with Gasteiger partial charge in [-0.2, -0.15) is 4.98 Å². The van der Waals surface area contributed by atoms with E-state index in [0.29, 0.717) is 29.0 Å². The van der Waals surface area contributed by atoms with Gasteiger partial charge in [-0.15, -0.1) is 5.10 Å². The Hall–Kier alpha value is -4.01. The number of anilines is 1. The van der Waals surface area contributed by atoms with Gasteiger partial charge >= 0.3 is 5.97 Å². The third kappa shape index (κ3) is 5.76. The molecule has 0 amide bonds. The molecule has 9 heteroatoms. The maximum Gasteiger partial charge on any atom is 0.338 e. The van der Waals surface area contributed by atoms with Crippen molar-refractivity contribution in [3.63, 3.8) is 0 Å². The quantitative estimate of drug-likeness (QED) is 0.138. The molecule has 1 unspecified atom stereocenters. The van der Waals surface area contributed by atoms with Crippen LogP contribution in [-0.2, 0) is 21.8 Å². The summed E-state index contributed by atoms with van der Waals surface area (Å²) < 4.78 is 10.3. The smallest absolute Gasteiger partial charge is 0.338 e. The number of halogens is 1. The minimum Gasteiger partial charge on any atom is -0.459 e. The van der Waals surface area contributed by atoms with E-state index in [1.54, 1.807) is 0 Å². The van der Waals surface area contributed by atoms with Crippen molar-refractivity contribution in [1.29, 1.82) is 0 Å². The van der Waals surface area contributed by atoms with Crippen molar-refractivity contribution >= 4 is 46.2 Å². The summed E-state index contributed by atoms with van der Waals surface area (Å²) in [7, 11) is 0. The normalized spacial score (nSPS) is 17.0. The number of aromatic nitrogens is 4. The summed E-state index contributed by atoms with van der Waals surface area (Å²) in [5.74, 6) is 0.939. The molecule has 3 aromatic carbocycles. The molecule has 44 heavy (non-hydrogen) atoms. The van der Waals surface area contributed by atoms with Gasteiger partial charge in [0.05, 0.1) is 5.57 Å². The van der Waals surface area contributed by atoms with Crippen LogP contribution in [0.1, 0.15) is 61.8 Å². The van der Waals surface area contributed by atoms with Gasteiger partial charge in [0.15, 0.2) is 0 Å². The molecule has 0 saturated heterocycles. The van der Waals surface area contributed by atoms with E-state index < -0.39 is 6.04 Å². The van der Waals surface area contributed by atoms with Crippen LogP contribution in [0, 0.1) is 0 Å². The van der Waals surface area contributed by atoms with Gasteiger partial charge in [0.25, 0.3) is 0 Å². The van der Waals surface area contributed by atoms with Crippen LogP contribution in [0.5, 0.6) is 0 Å². The molecule has 0 bridgehead atoms. The van der Waals surface area contributed by atoms with E-state index in [2.05, 4.69) is 58.5 Å². The number of nitrogens with one attached hydrogen (secondary N) is 1. The van der Waals surface area contributed by atoms with Crippen molar-refractivity contribution in [2.24, 2.45) is 0 Å². The lowest BCUT2D eigenvalue weighted by molar-refractivity contribution is -0.146. The second-order valence-electron chi connectivity index (χ2n) is 11.5. The Morgan fingerprint density at radius 2 is 1.75 bits per heavy atom. The molecule has 7 rings (SSSR count). The first-order valence-corrected chi connectivity index (χ1v) is 16.5. The average Bonchev–Trinajstić information content (AvgIpc) is 3.62. The lowest BCUT2D eigenvalue weighted by Gasteiger charge is -2.29. The molecule has 3 heterocycles. The lowest BCUT2D eigenvalue weighted by atomic mass is 9.94. The number of carbonyl (C=O) groups is 1. The third-order valence-corrected chi connectivity index (χ3v) is 9.76. The number of ether oxygens (including phenoxy) is 1. The summed E-state index contributed by atoms with van der Waals surface area (Å²) in [5.41, 5.74) is 5.61. The third-order valence-electron chi connectivity index (χ3n) is 8.50. The monoisotopic (exact) mass is 623 g/mol. The molecule has 1 atom stereocenters. The second kappa shape index (κ2) is 12.5. The molecule has 1 aliphatic heterocycles. The van der Waals surface area contributed by atoms with Crippen LogP contribution >= 0.6 is 23.4 Å². The van der Waals surface area contributed by atoms with Crippen molar-refractivity contribution in [2.75, 3.05) is 5.32 Å². The molecule has 0 radical (unpaired) electrons. The van der Waals surface area contributed by atoms with Crippen molar-refractivity contribution < 1.29 is 9.53 Å². The number of hydrogen-bond acceptors (Lipinski definition) is 6. The highest BCUT2D eigenvalue weighted by Gasteiger charge is 2.38. The average molecular weight is 624 g/mol. The van der Waals surface area contributed by atoms with E-state index in [0.717, 1.165) is 58.4 Å². The molecule has 5 aromatic rings. The first-order chi connectivity index (χ1) is 21.5. The minimum atomic E-state index is -0.508. The first kappa shape index (κ1) is 28.7. The molecule has 1 fully saturated rings. The van der Waals surface area contributed by atoms with Crippen molar-refractivity contribution in [1.82, 2.24) is 19.3 Å². The molecule has 1 saturated carbocycles. The highest BCUT2D eigenvalue weighted by Crippen LogP contribution is 2.41. The van der Waals surface area contributed by atoms with E-state index in [4.69, 9.17) is 26.4 Å². The van der Waals surface area contributed by atoms with E-state index in [1.807, 2.05) is 48.0 Å². The van der Waals surface area contributed by atoms with Gasteiger partial charge in [-0.25, -0.2) is 9.48 Å². The van der Waals surface area contributed by atoms with E-state index >= 15 is 0 Å². The second-order valence-corrected chi connectivity index (χ2v) is 12.8. The highest BCUT2D eigenvalue weighted by atomic mass is 35.5. The van der Waals surface area contributed by atoms with Crippen LogP contribution in [0.3, 0.4) is 0 Å². The molecule has 2 aromatic heterocycles. The summed E-state index contributed by atoms with van der Waals surface area (Å²) in [4.78, 5) is 18.9. The number of fused-ring (bicyclic) bond motifs is 2. The lowest BCUT2D eigenvalue weighted by Crippen LogP contribution is -2.32. The first-order valence-electron chi connectivity index (χ1n) is 15.2. The summed E-state index contributed by atoms with van der Waals surface area (Å²) in [6.07, 6.45) is 7.28. The summed E-state index contributed by atoms with van der Waals surface area (Å²) in [6.45, 7) is 2.64. The maximum absolute atomic E-state index is 14.1. The fourth-order valence-corrected chi connectivity index (χ4v) is 7.42. The van der Waals surface area contributed by atoms with Gasteiger partial charge in [-0.05, 0) is 55.9 Å². The standard InChI is InChI=1S/C35H34ClN5O2S/c1-23-31(33(42)43-26-15-6-3-7-16-26)32(41-34(37-23)38-35(39-41)44-22-25-14-8-10-18-29(25)36)28-21-40(20-24-12-4-2-5-13-24)30-19-11-9-17-27(28)30/h2,4-5,8-14,17-19,21,26,32H,3,6-7,15-16,20,22H2,1H3,(H,37,38,39). The highest BCUT2D eigenvalue weighted by molar-refractivity contribution is 7.98. The van der Waals surface area contributed by atoms with Crippen molar-refractivity contribution in [3.8, 4) is 0 Å². The molecule has 1 N–H and O–H groups in total. The van der Waals surface area contributed by atoms with Crippen molar-refractivity contribution in [3.05, 3.63) is 118 Å². The number of allylic oxidation sites excluding steroid dienone is 1. The number of nitrogens with zero attached hydrogens (tertiary/aromatic N) is 4. The zero-order chi connectivity index (χ0) is 30.0. The number of para-hydroxylation sites is 1. The van der Waals surface area contributed by atoms with Gasteiger partial charge < -0.3 is 14.6 Å². The predicted molar refractivity (Wildman–Crippen MR) is 176 cm³/mol. The van der Waals surface area contributed by atoms with E-state index in [1.165, 1.54) is 23.7 Å². The fourth-order valence-electron chi connectivity index (χ4n) is 6.30. The number of carbonyl (C=O) groups excluding carboxylic acids is 1. The predicted octanol–water partition coefficient (Wildman–Crippen LogP) is 8.39.